The highest BCUT2D eigenvalue weighted by Crippen LogP contribution is 2.59. The number of nitrogens with one attached hydrogen (secondary N) is 5. The van der Waals surface area contributed by atoms with Gasteiger partial charge in [-0.25, -0.2) is 9.59 Å². The second-order valence-electron chi connectivity index (χ2n) is 18.9. The number of carbonyl (C=O) groups excluding carboxylic acids is 7. The van der Waals surface area contributed by atoms with Crippen molar-refractivity contribution in [2.75, 3.05) is 45.4 Å². The van der Waals surface area contributed by atoms with Gasteiger partial charge in [0.1, 0.15) is 54.2 Å². The fourth-order valence-electron chi connectivity index (χ4n) is 8.89. The van der Waals surface area contributed by atoms with Gasteiger partial charge in [-0.2, -0.15) is 11.8 Å². The zero-order chi connectivity index (χ0) is 47.5. The van der Waals surface area contributed by atoms with Crippen LogP contribution in [-0.4, -0.2) is 152 Å². The van der Waals surface area contributed by atoms with Gasteiger partial charge in [0, 0.05) is 20.6 Å². The Morgan fingerprint density at radius 1 is 0.938 bits per heavy atom. The summed E-state index contributed by atoms with van der Waals surface area (Å²) in [6, 6.07) is -4.36. The SMILES string of the molecule is COC1[C@H](OC(=O)N[C@@H](COC(=O)[C@H](C)NC(=O)[C@H](CCSC)NC(=O)CNC(=O)[C@H](CC(C)C)NC(=O)[C@@H]2CCCN2C(C)=O)C(C)C)CC[C@]2(CO2)[C@H]1[C@@]1(C)O[C@@H]1CC=C(C)C. The Hall–Kier alpha value is -3.94. The molecule has 64 heavy (non-hydrogen) atoms. The number of allylic oxidation sites excluding steroid dienone is 1. The predicted octanol–water partition coefficient (Wildman–Crippen LogP) is 2.76. The second kappa shape index (κ2) is 23.5. The molecule has 6 amide bonds. The number of methoxy groups -OCH3 is 1. The monoisotopic (exact) mass is 923 g/mol. The van der Waals surface area contributed by atoms with E-state index in [0.717, 1.165) is 6.42 Å². The van der Waals surface area contributed by atoms with Gasteiger partial charge in [0.2, 0.25) is 29.5 Å². The highest BCUT2D eigenvalue weighted by molar-refractivity contribution is 7.98. The molecule has 4 rings (SSSR count). The molecule has 1 spiro atoms. The Kier molecular flexibility index (Phi) is 19.3. The molecule has 362 valence electrons. The molecular formula is C45H74N6O12S. The number of thioether (sulfide) groups is 1. The van der Waals surface area contributed by atoms with Gasteiger partial charge in [0.25, 0.3) is 0 Å². The number of carbonyl (C=O) groups is 7. The average molecular weight is 923 g/mol. The van der Waals surface area contributed by atoms with Crippen molar-refractivity contribution in [2.24, 2.45) is 17.8 Å². The van der Waals surface area contributed by atoms with Crippen LogP contribution in [-0.2, 0) is 52.5 Å². The predicted molar refractivity (Wildman–Crippen MR) is 240 cm³/mol. The van der Waals surface area contributed by atoms with E-state index in [1.807, 2.05) is 34.0 Å². The van der Waals surface area contributed by atoms with Crippen molar-refractivity contribution < 1.29 is 57.2 Å². The molecule has 4 fully saturated rings. The van der Waals surface area contributed by atoms with Crippen LogP contribution in [0.2, 0.25) is 0 Å². The Balaban J connectivity index is 1.27. The van der Waals surface area contributed by atoms with Gasteiger partial charge in [-0.3, -0.25) is 24.0 Å². The first-order chi connectivity index (χ1) is 30.2. The summed E-state index contributed by atoms with van der Waals surface area (Å²) in [6.45, 7) is 17.0. The Morgan fingerprint density at radius 3 is 2.23 bits per heavy atom. The summed E-state index contributed by atoms with van der Waals surface area (Å²) in [4.78, 5) is 92.9. The minimum Gasteiger partial charge on any atom is -0.462 e. The number of amides is 6. The summed E-state index contributed by atoms with van der Waals surface area (Å²) in [7, 11) is 1.61. The molecule has 4 aliphatic rings. The first kappa shape index (κ1) is 52.7. The molecule has 0 aromatic heterocycles. The normalized spacial score (nSPS) is 27.7. The van der Waals surface area contributed by atoms with Crippen LogP contribution >= 0.6 is 11.8 Å². The number of nitrogens with zero attached hydrogens (tertiary/aromatic N) is 1. The highest BCUT2D eigenvalue weighted by Gasteiger charge is 2.72. The second-order valence-corrected chi connectivity index (χ2v) is 19.8. The zero-order valence-electron chi connectivity index (χ0n) is 39.7. The third kappa shape index (κ3) is 14.3. The summed E-state index contributed by atoms with van der Waals surface area (Å²) in [6.07, 6.45) is 6.04. The lowest BCUT2D eigenvalue weighted by atomic mass is 9.68. The van der Waals surface area contributed by atoms with Crippen LogP contribution in [0, 0.1) is 17.8 Å². The summed E-state index contributed by atoms with van der Waals surface area (Å²) in [5.41, 5.74) is 0.347. The first-order valence-corrected chi connectivity index (χ1v) is 24.1. The van der Waals surface area contributed by atoms with Crippen LogP contribution < -0.4 is 26.6 Å². The Bertz CT molecular complexity index is 1700. The fourth-order valence-corrected chi connectivity index (χ4v) is 9.36. The molecule has 1 aliphatic carbocycles. The van der Waals surface area contributed by atoms with Crippen molar-refractivity contribution in [3.63, 3.8) is 0 Å². The van der Waals surface area contributed by atoms with Crippen molar-refractivity contribution in [3.8, 4) is 0 Å². The molecule has 5 N–H and O–H groups in total. The van der Waals surface area contributed by atoms with Crippen LogP contribution in [0.5, 0.6) is 0 Å². The Morgan fingerprint density at radius 2 is 1.64 bits per heavy atom. The largest absolute Gasteiger partial charge is 0.462 e. The van der Waals surface area contributed by atoms with Gasteiger partial charge in [0.15, 0.2) is 0 Å². The van der Waals surface area contributed by atoms with E-state index in [2.05, 4.69) is 53.4 Å². The lowest BCUT2D eigenvalue weighted by molar-refractivity contribution is -0.148. The van der Waals surface area contributed by atoms with Crippen molar-refractivity contribution in [2.45, 2.75) is 167 Å². The number of rotatable bonds is 23. The maximum absolute atomic E-state index is 13.4. The number of ether oxygens (including phenoxy) is 5. The van der Waals surface area contributed by atoms with E-state index in [4.69, 9.17) is 23.7 Å². The van der Waals surface area contributed by atoms with Crippen molar-refractivity contribution in [1.82, 2.24) is 31.5 Å². The molecule has 11 atom stereocenters. The maximum atomic E-state index is 13.4. The lowest BCUT2D eigenvalue weighted by Gasteiger charge is -2.42. The number of hydrogen-bond acceptors (Lipinski definition) is 13. The molecular weight excluding hydrogens is 849 g/mol. The number of esters is 1. The highest BCUT2D eigenvalue weighted by atomic mass is 32.2. The van der Waals surface area contributed by atoms with E-state index < -0.39 is 90.3 Å². The number of likely N-dealkylation sites (tertiary alicyclic amines) is 1. The van der Waals surface area contributed by atoms with E-state index in [1.165, 1.54) is 36.1 Å². The molecule has 18 nitrogen and oxygen atoms in total. The van der Waals surface area contributed by atoms with E-state index in [9.17, 15) is 33.6 Å². The quantitative estimate of drug-likeness (QED) is 0.0564. The molecule has 1 unspecified atom stereocenters. The van der Waals surface area contributed by atoms with Gasteiger partial charge >= 0.3 is 12.1 Å². The van der Waals surface area contributed by atoms with Crippen molar-refractivity contribution in [1.29, 1.82) is 0 Å². The molecule has 3 saturated heterocycles. The third-order valence-electron chi connectivity index (χ3n) is 12.7. The molecule has 0 aromatic rings. The molecule has 19 heteroatoms. The maximum Gasteiger partial charge on any atom is 0.407 e. The zero-order valence-corrected chi connectivity index (χ0v) is 40.5. The first-order valence-electron chi connectivity index (χ1n) is 22.7. The molecule has 0 bridgehead atoms. The van der Waals surface area contributed by atoms with E-state index >= 15 is 0 Å². The molecule has 3 heterocycles. The summed E-state index contributed by atoms with van der Waals surface area (Å²) >= 11 is 1.46. The molecule has 0 aromatic carbocycles. The van der Waals surface area contributed by atoms with Crippen LogP contribution in [0.25, 0.3) is 0 Å². The fraction of sp³-hybridized carbons (Fsp3) is 0.800. The average Bonchev–Trinajstić information content (AvgIpc) is 4.08. The summed E-state index contributed by atoms with van der Waals surface area (Å²) < 4.78 is 29.9. The van der Waals surface area contributed by atoms with E-state index in [1.54, 1.807) is 7.11 Å². The van der Waals surface area contributed by atoms with E-state index in [-0.39, 0.29) is 48.4 Å². The van der Waals surface area contributed by atoms with Crippen LogP contribution in [0.4, 0.5) is 4.79 Å². The standard InChI is InChI=1S/C45H74N6O12S/c1-25(2)14-15-35-44(9,63-35)38-37(59-10)34(16-18-45(38)24-61-45)62-43(58)50-32(27(5)6)23-60-42(57)28(7)47-40(55)30(17-20-64-11)48-36(53)22-46-39(54)31(21-26(3)4)49-41(56)33-13-12-19-51(33)29(8)52/h14,26-28,30-35,37-38H,12-13,15-24H2,1-11H3,(H,46,54)(H,47,55)(H,48,53)(H,49,56)(H,50,58)/t28-,30-,31-,32-,33-,34+,35+,37?,38+,44-,45-/m0/s1. The van der Waals surface area contributed by atoms with Crippen LogP contribution in [0.1, 0.15) is 107 Å². The molecule has 0 radical (unpaired) electrons. The smallest absolute Gasteiger partial charge is 0.407 e. The number of alkyl carbamates (subject to hydrolysis) is 1. The molecule has 1 saturated carbocycles. The van der Waals surface area contributed by atoms with Crippen molar-refractivity contribution >= 4 is 53.4 Å². The van der Waals surface area contributed by atoms with Gasteiger partial charge in [0.05, 0.1) is 31.2 Å². The summed E-state index contributed by atoms with van der Waals surface area (Å²) in [5.74, 6) is -2.98. The van der Waals surface area contributed by atoms with Gasteiger partial charge in [-0.05, 0) is 96.5 Å². The van der Waals surface area contributed by atoms with Crippen LogP contribution in [0.15, 0.2) is 11.6 Å². The number of epoxide rings is 2. The number of hydrogen-bond donors (Lipinski definition) is 5. The summed E-state index contributed by atoms with van der Waals surface area (Å²) in [5, 5.41) is 13.4. The molecule has 3 aliphatic heterocycles. The van der Waals surface area contributed by atoms with Gasteiger partial charge < -0.3 is 55.2 Å². The lowest BCUT2D eigenvalue weighted by Crippen LogP contribution is -2.56. The van der Waals surface area contributed by atoms with E-state index in [0.29, 0.717) is 51.0 Å². The van der Waals surface area contributed by atoms with Crippen LogP contribution in [0.3, 0.4) is 0 Å². The third-order valence-corrected chi connectivity index (χ3v) is 13.4. The minimum absolute atomic E-state index is 0.00547. The minimum atomic E-state index is -1.11. The van der Waals surface area contributed by atoms with Crippen molar-refractivity contribution in [3.05, 3.63) is 11.6 Å². The Labute approximate surface area is 382 Å². The van der Waals surface area contributed by atoms with Gasteiger partial charge in [-0.1, -0.05) is 39.3 Å². The van der Waals surface area contributed by atoms with Gasteiger partial charge in [-0.15, -0.1) is 0 Å². The topological polar surface area (TPSA) is 236 Å².